The molecule has 0 bridgehead atoms. The second kappa shape index (κ2) is 5.03. The van der Waals surface area contributed by atoms with Crippen LogP contribution in [-0.4, -0.2) is 16.8 Å². The lowest BCUT2D eigenvalue weighted by atomic mass is 9.96. The summed E-state index contributed by atoms with van der Waals surface area (Å²) in [4.78, 5) is 0. The van der Waals surface area contributed by atoms with E-state index in [0.29, 0.717) is 18.8 Å². The molecule has 1 atom stereocenters. The first-order valence-corrected chi connectivity index (χ1v) is 6.42. The lowest BCUT2D eigenvalue weighted by Crippen LogP contribution is -2.02. The van der Waals surface area contributed by atoms with Crippen LogP contribution in [0.4, 0.5) is 0 Å². The molecule has 0 unspecified atom stereocenters. The van der Waals surface area contributed by atoms with Crippen LogP contribution >= 0.6 is 0 Å². The average molecular weight is 256 g/mol. The normalized spacial score (nSPS) is 17.1. The van der Waals surface area contributed by atoms with E-state index in [9.17, 15) is 5.11 Å². The molecular formula is C16H16O3. The molecule has 0 spiro atoms. The quantitative estimate of drug-likeness (QED) is 0.866. The van der Waals surface area contributed by atoms with Gasteiger partial charge in [-0.2, -0.15) is 0 Å². The van der Waals surface area contributed by atoms with Crippen molar-refractivity contribution in [2.45, 2.75) is 19.1 Å². The van der Waals surface area contributed by atoms with Gasteiger partial charge >= 0.3 is 0 Å². The molecule has 0 fully saturated rings. The molecule has 2 N–H and O–H groups in total. The van der Waals surface area contributed by atoms with Crippen LogP contribution in [0.25, 0.3) is 0 Å². The second-order valence-electron chi connectivity index (χ2n) is 4.74. The zero-order valence-electron chi connectivity index (χ0n) is 10.5. The highest BCUT2D eigenvalue weighted by Crippen LogP contribution is 2.36. The Labute approximate surface area is 112 Å². The molecule has 98 valence electrons. The van der Waals surface area contributed by atoms with E-state index in [1.54, 1.807) is 0 Å². The Bertz CT molecular complexity index is 592. The molecule has 2 aromatic carbocycles. The fraction of sp³-hybridized carbons (Fsp3) is 0.250. The van der Waals surface area contributed by atoms with Gasteiger partial charge in [-0.3, -0.25) is 0 Å². The van der Waals surface area contributed by atoms with E-state index < -0.39 is 6.10 Å². The van der Waals surface area contributed by atoms with Gasteiger partial charge in [-0.05, 0) is 35.2 Å². The van der Waals surface area contributed by atoms with Gasteiger partial charge in [-0.1, -0.05) is 30.3 Å². The number of fused-ring (bicyclic) bond motifs is 2. The molecule has 1 aliphatic rings. The van der Waals surface area contributed by atoms with Crippen LogP contribution in [0, 0.1) is 0 Å². The molecule has 19 heavy (non-hydrogen) atoms. The first-order chi connectivity index (χ1) is 9.29. The van der Waals surface area contributed by atoms with Crippen molar-refractivity contribution in [1.29, 1.82) is 0 Å². The van der Waals surface area contributed by atoms with Crippen molar-refractivity contribution in [3.05, 3.63) is 64.7 Å². The predicted molar refractivity (Wildman–Crippen MR) is 72.1 cm³/mol. The minimum Gasteiger partial charge on any atom is -0.488 e. The number of hydrogen-bond donors (Lipinski definition) is 2. The molecule has 3 nitrogen and oxygen atoms in total. The first kappa shape index (κ1) is 12.2. The van der Waals surface area contributed by atoms with Crippen LogP contribution < -0.4 is 4.74 Å². The zero-order valence-corrected chi connectivity index (χ0v) is 10.5. The first-order valence-electron chi connectivity index (χ1n) is 6.42. The molecule has 3 rings (SSSR count). The Hall–Kier alpha value is -1.84. The molecule has 0 radical (unpaired) electrons. The van der Waals surface area contributed by atoms with Gasteiger partial charge in [-0.15, -0.1) is 0 Å². The van der Waals surface area contributed by atoms with Crippen LogP contribution in [0.3, 0.4) is 0 Å². The van der Waals surface area contributed by atoms with Gasteiger partial charge in [0, 0.05) is 12.2 Å². The Morgan fingerprint density at radius 1 is 1.11 bits per heavy atom. The van der Waals surface area contributed by atoms with Gasteiger partial charge in [0.1, 0.15) is 18.5 Å². The molecule has 1 aliphatic heterocycles. The van der Waals surface area contributed by atoms with Gasteiger partial charge in [0.2, 0.25) is 0 Å². The van der Waals surface area contributed by atoms with Crippen molar-refractivity contribution in [3.8, 4) is 5.75 Å². The fourth-order valence-electron chi connectivity index (χ4n) is 2.48. The molecule has 1 heterocycles. The van der Waals surface area contributed by atoms with Crippen LogP contribution in [0.5, 0.6) is 5.75 Å². The van der Waals surface area contributed by atoms with E-state index in [0.717, 1.165) is 22.3 Å². The summed E-state index contributed by atoms with van der Waals surface area (Å²) in [6.07, 6.45) is -0.0888. The third-order valence-electron chi connectivity index (χ3n) is 3.50. The topological polar surface area (TPSA) is 49.7 Å². The Kier molecular flexibility index (Phi) is 3.23. The summed E-state index contributed by atoms with van der Waals surface area (Å²) in [5, 5.41) is 19.6. The average Bonchev–Trinajstić information content (AvgIpc) is 2.58. The van der Waals surface area contributed by atoms with Crippen LogP contribution in [0.2, 0.25) is 0 Å². The van der Waals surface area contributed by atoms with E-state index in [-0.39, 0.29) is 6.61 Å². The number of aliphatic hydroxyl groups excluding tert-OH is 2. The van der Waals surface area contributed by atoms with Crippen LogP contribution in [0.15, 0.2) is 42.5 Å². The lowest BCUT2D eigenvalue weighted by molar-refractivity contribution is 0.218. The number of benzene rings is 2. The molecule has 0 saturated carbocycles. The van der Waals surface area contributed by atoms with E-state index in [2.05, 4.69) is 0 Å². The molecule has 2 aromatic rings. The summed E-state index contributed by atoms with van der Waals surface area (Å²) < 4.78 is 5.76. The summed E-state index contributed by atoms with van der Waals surface area (Å²) in [6.45, 7) is 0.575. The summed E-state index contributed by atoms with van der Waals surface area (Å²) >= 11 is 0. The fourth-order valence-corrected chi connectivity index (χ4v) is 2.48. The van der Waals surface area contributed by atoms with Crippen molar-refractivity contribution >= 4 is 0 Å². The van der Waals surface area contributed by atoms with Crippen molar-refractivity contribution in [2.75, 3.05) is 6.61 Å². The standard InChI is InChI=1S/C16H16O3/c17-8-7-11-5-6-15-14(9-11)16(18)13-4-2-1-3-12(13)10-19-15/h1-6,9,16-18H,7-8,10H2/t16-/m1/s1. The highest BCUT2D eigenvalue weighted by molar-refractivity contribution is 5.46. The minimum absolute atomic E-state index is 0.103. The summed E-state index contributed by atoms with van der Waals surface area (Å²) in [6, 6.07) is 13.5. The molecule has 0 aromatic heterocycles. The largest absolute Gasteiger partial charge is 0.488 e. The Morgan fingerprint density at radius 3 is 2.79 bits per heavy atom. The number of ether oxygens (including phenoxy) is 1. The summed E-state index contributed by atoms with van der Waals surface area (Å²) in [5.74, 6) is 0.713. The van der Waals surface area contributed by atoms with Crippen molar-refractivity contribution < 1.29 is 14.9 Å². The highest BCUT2D eigenvalue weighted by atomic mass is 16.5. The summed E-state index contributed by atoms with van der Waals surface area (Å²) in [7, 11) is 0. The lowest BCUT2D eigenvalue weighted by Gasteiger charge is -2.14. The Morgan fingerprint density at radius 2 is 1.95 bits per heavy atom. The third kappa shape index (κ3) is 2.23. The molecular weight excluding hydrogens is 240 g/mol. The minimum atomic E-state index is -0.674. The number of rotatable bonds is 2. The maximum atomic E-state index is 10.5. The maximum Gasteiger partial charge on any atom is 0.125 e. The Balaban J connectivity index is 2.07. The monoisotopic (exact) mass is 256 g/mol. The smallest absolute Gasteiger partial charge is 0.125 e. The number of aliphatic hydroxyl groups is 2. The third-order valence-corrected chi connectivity index (χ3v) is 3.50. The van der Waals surface area contributed by atoms with Gasteiger partial charge in [0.15, 0.2) is 0 Å². The molecule has 0 aliphatic carbocycles. The van der Waals surface area contributed by atoms with Crippen molar-refractivity contribution in [1.82, 2.24) is 0 Å². The zero-order chi connectivity index (χ0) is 13.2. The van der Waals surface area contributed by atoms with Crippen LogP contribution in [0.1, 0.15) is 28.4 Å². The van der Waals surface area contributed by atoms with E-state index >= 15 is 0 Å². The highest BCUT2D eigenvalue weighted by Gasteiger charge is 2.22. The molecule has 3 heteroatoms. The van der Waals surface area contributed by atoms with E-state index in [1.165, 1.54) is 0 Å². The van der Waals surface area contributed by atoms with E-state index in [4.69, 9.17) is 9.84 Å². The van der Waals surface area contributed by atoms with Gasteiger partial charge in [0.25, 0.3) is 0 Å². The van der Waals surface area contributed by atoms with Gasteiger partial charge in [-0.25, -0.2) is 0 Å². The maximum absolute atomic E-state index is 10.5. The van der Waals surface area contributed by atoms with Crippen molar-refractivity contribution in [3.63, 3.8) is 0 Å². The van der Waals surface area contributed by atoms with Crippen LogP contribution in [-0.2, 0) is 13.0 Å². The predicted octanol–water partition coefficient (Wildman–Crippen LogP) is 2.20. The number of hydrogen-bond acceptors (Lipinski definition) is 3. The summed E-state index contributed by atoms with van der Waals surface area (Å²) in [5.41, 5.74) is 3.68. The van der Waals surface area contributed by atoms with Gasteiger partial charge < -0.3 is 14.9 Å². The van der Waals surface area contributed by atoms with E-state index in [1.807, 2.05) is 42.5 Å². The van der Waals surface area contributed by atoms with Gasteiger partial charge in [0.05, 0.1) is 0 Å². The molecule has 0 amide bonds. The van der Waals surface area contributed by atoms with Crippen molar-refractivity contribution in [2.24, 2.45) is 0 Å². The SMILES string of the molecule is OCCc1ccc2c(c1)[C@H](O)c1ccccc1CO2. The second-order valence-corrected chi connectivity index (χ2v) is 4.74. The molecule has 0 saturated heterocycles.